The maximum atomic E-state index is 8.97. The van der Waals surface area contributed by atoms with Gasteiger partial charge in [-0.15, -0.1) is 0 Å². The fourth-order valence-corrected chi connectivity index (χ4v) is 2.10. The van der Waals surface area contributed by atoms with E-state index in [0.29, 0.717) is 22.9 Å². The standard InChI is InChI=1S/C14H9BrClNO/c15-12-3-1-2-10(6-12)9-18-14-7-13(16)5-4-11(14)8-17/h1-7H,9H2. The minimum atomic E-state index is 0.397. The molecule has 0 N–H and O–H groups in total. The van der Waals surface area contributed by atoms with Crippen molar-refractivity contribution in [3.63, 3.8) is 0 Å². The van der Waals surface area contributed by atoms with E-state index in [9.17, 15) is 0 Å². The Hall–Kier alpha value is -1.50. The van der Waals surface area contributed by atoms with Crippen LogP contribution in [-0.2, 0) is 6.61 Å². The lowest BCUT2D eigenvalue weighted by Crippen LogP contribution is -1.97. The van der Waals surface area contributed by atoms with Gasteiger partial charge < -0.3 is 4.74 Å². The molecule has 0 saturated heterocycles. The molecule has 0 spiro atoms. The highest BCUT2D eigenvalue weighted by molar-refractivity contribution is 9.10. The molecule has 18 heavy (non-hydrogen) atoms. The molecule has 0 radical (unpaired) electrons. The predicted octanol–water partition coefficient (Wildman–Crippen LogP) is 4.55. The number of benzene rings is 2. The normalized spacial score (nSPS) is 9.83. The Kier molecular flexibility index (Phi) is 4.24. The minimum absolute atomic E-state index is 0.397. The smallest absolute Gasteiger partial charge is 0.139 e. The predicted molar refractivity (Wildman–Crippen MR) is 74.6 cm³/mol. The van der Waals surface area contributed by atoms with Crippen molar-refractivity contribution in [2.24, 2.45) is 0 Å². The van der Waals surface area contributed by atoms with E-state index in [0.717, 1.165) is 10.0 Å². The van der Waals surface area contributed by atoms with Gasteiger partial charge in [0.2, 0.25) is 0 Å². The number of halogens is 2. The van der Waals surface area contributed by atoms with Crippen LogP contribution < -0.4 is 4.74 Å². The molecule has 0 aliphatic heterocycles. The molecule has 2 aromatic rings. The Balaban J connectivity index is 2.15. The van der Waals surface area contributed by atoms with E-state index < -0.39 is 0 Å². The molecule has 0 unspecified atom stereocenters. The van der Waals surface area contributed by atoms with Crippen molar-refractivity contribution in [1.29, 1.82) is 5.26 Å². The van der Waals surface area contributed by atoms with Crippen molar-refractivity contribution in [3.05, 3.63) is 63.1 Å². The van der Waals surface area contributed by atoms with Crippen LogP contribution in [0.1, 0.15) is 11.1 Å². The van der Waals surface area contributed by atoms with Gasteiger partial charge in [0.05, 0.1) is 5.56 Å². The minimum Gasteiger partial charge on any atom is -0.487 e. The largest absolute Gasteiger partial charge is 0.487 e. The molecule has 0 bridgehead atoms. The number of nitrogens with zero attached hydrogens (tertiary/aromatic N) is 1. The summed E-state index contributed by atoms with van der Waals surface area (Å²) < 4.78 is 6.62. The molecule has 2 rings (SSSR count). The second-order valence-corrected chi connectivity index (χ2v) is 5.02. The summed E-state index contributed by atoms with van der Waals surface area (Å²) in [4.78, 5) is 0. The third-order valence-electron chi connectivity index (χ3n) is 2.35. The van der Waals surface area contributed by atoms with Gasteiger partial charge in [-0.1, -0.05) is 39.7 Å². The van der Waals surface area contributed by atoms with E-state index in [1.165, 1.54) is 0 Å². The van der Waals surface area contributed by atoms with Gasteiger partial charge in [-0.2, -0.15) is 5.26 Å². The Labute approximate surface area is 119 Å². The van der Waals surface area contributed by atoms with E-state index >= 15 is 0 Å². The summed E-state index contributed by atoms with van der Waals surface area (Å²) in [6.45, 7) is 0.397. The van der Waals surface area contributed by atoms with Gasteiger partial charge in [-0.25, -0.2) is 0 Å². The first-order valence-corrected chi connectivity index (χ1v) is 6.43. The van der Waals surface area contributed by atoms with E-state index in [4.69, 9.17) is 21.6 Å². The lowest BCUT2D eigenvalue weighted by molar-refractivity contribution is 0.305. The molecule has 0 aliphatic rings. The summed E-state index contributed by atoms with van der Waals surface area (Å²) >= 11 is 9.28. The van der Waals surface area contributed by atoms with Gasteiger partial charge >= 0.3 is 0 Å². The number of nitriles is 1. The van der Waals surface area contributed by atoms with Gasteiger partial charge in [-0.05, 0) is 29.8 Å². The summed E-state index contributed by atoms with van der Waals surface area (Å²) in [6, 6.07) is 14.9. The van der Waals surface area contributed by atoms with Gasteiger partial charge in [0.1, 0.15) is 18.4 Å². The molecule has 0 saturated carbocycles. The fraction of sp³-hybridized carbons (Fsp3) is 0.0714. The quantitative estimate of drug-likeness (QED) is 0.830. The Morgan fingerprint density at radius 3 is 2.78 bits per heavy atom. The molecule has 2 aromatic carbocycles. The van der Waals surface area contributed by atoms with E-state index in [2.05, 4.69) is 22.0 Å². The Morgan fingerprint density at radius 1 is 1.22 bits per heavy atom. The zero-order valence-corrected chi connectivity index (χ0v) is 11.7. The molecule has 2 nitrogen and oxygen atoms in total. The molecule has 0 amide bonds. The maximum Gasteiger partial charge on any atom is 0.139 e. The van der Waals surface area contributed by atoms with Crippen LogP contribution in [0.2, 0.25) is 5.02 Å². The second-order valence-electron chi connectivity index (χ2n) is 3.67. The average Bonchev–Trinajstić information content (AvgIpc) is 2.37. The molecule has 0 heterocycles. The van der Waals surface area contributed by atoms with Crippen LogP contribution in [0.4, 0.5) is 0 Å². The van der Waals surface area contributed by atoms with E-state index in [1.54, 1.807) is 18.2 Å². The van der Waals surface area contributed by atoms with Crippen LogP contribution in [0, 0.1) is 11.3 Å². The summed E-state index contributed by atoms with van der Waals surface area (Å²) in [5, 5.41) is 9.52. The zero-order valence-electron chi connectivity index (χ0n) is 9.36. The third kappa shape index (κ3) is 3.25. The molecular formula is C14H9BrClNO. The SMILES string of the molecule is N#Cc1ccc(Cl)cc1OCc1cccc(Br)c1. The molecule has 4 heteroatoms. The van der Waals surface area contributed by atoms with Crippen molar-refractivity contribution < 1.29 is 4.74 Å². The average molecular weight is 323 g/mol. The van der Waals surface area contributed by atoms with Crippen LogP contribution in [0.25, 0.3) is 0 Å². The Bertz CT molecular complexity index is 607. The highest BCUT2D eigenvalue weighted by Gasteiger charge is 2.04. The lowest BCUT2D eigenvalue weighted by atomic mass is 10.2. The monoisotopic (exact) mass is 321 g/mol. The van der Waals surface area contributed by atoms with Gasteiger partial charge in [0.15, 0.2) is 0 Å². The van der Waals surface area contributed by atoms with E-state index in [1.807, 2.05) is 24.3 Å². The van der Waals surface area contributed by atoms with Crippen LogP contribution in [0.5, 0.6) is 5.75 Å². The molecule has 0 fully saturated rings. The zero-order chi connectivity index (χ0) is 13.0. The number of rotatable bonds is 3. The van der Waals surface area contributed by atoms with Crippen molar-refractivity contribution in [2.75, 3.05) is 0 Å². The molecule has 90 valence electrons. The number of hydrogen-bond acceptors (Lipinski definition) is 2. The Morgan fingerprint density at radius 2 is 2.06 bits per heavy atom. The van der Waals surface area contributed by atoms with Crippen LogP contribution in [0.3, 0.4) is 0 Å². The first-order chi connectivity index (χ1) is 8.69. The third-order valence-corrected chi connectivity index (χ3v) is 3.08. The highest BCUT2D eigenvalue weighted by Crippen LogP contribution is 2.24. The van der Waals surface area contributed by atoms with Crippen LogP contribution >= 0.6 is 27.5 Å². The van der Waals surface area contributed by atoms with Crippen molar-refractivity contribution in [1.82, 2.24) is 0 Å². The van der Waals surface area contributed by atoms with Gasteiger partial charge in [0, 0.05) is 15.6 Å². The summed E-state index contributed by atoms with van der Waals surface area (Å²) in [5.41, 5.74) is 1.50. The molecule has 0 aliphatic carbocycles. The summed E-state index contributed by atoms with van der Waals surface area (Å²) in [6.07, 6.45) is 0. The topological polar surface area (TPSA) is 33.0 Å². The summed E-state index contributed by atoms with van der Waals surface area (Å²) in [7, 11) is 0. The maximum absolute atomic E-state index is 8.97. The van der Waals surface area contributed by atoms with Gasteiger partial charge in [0.25, 0.3) is 0 Å². The molecule has 0 atom stereocenters. The first kappa shape index (κ1) is 12.9. The van der Waals surface area contributed by atoms with Crippen molar-refractivity contribution >= 4 is 27.5 Å². The fourth-order valence-electron chi connectivity index (χ4n) is 1.50. The highest BCUT2D eigenvalue weighted by atomic mass is 79.9. The van der Waals surface area contributed by atoms with Crippen LogP contribution in [0.15, 0.2) is 46.9 Å². The summed E-state index contributed by atoms with van der Waals surface area (Å²) in [5.74, 6) is 0.505. The number of ether oxygens (including phenoxy) is 1. The molecule has 0 aromatic heterocycles. The lowest BCUT2D eigenvalue weighted by Gasteiger charge is -2.08. The van der Waals surface area contributed by atoms with E-state index in [-0.39, 0.29) is 0 Å². The van der Waals surface area contributed by atoms with Gasteiger partial charge in [-0.3, -0.25) is 0 Å². The number of hydrogen-bond donors (Lipinski definition) is 0. The van der Waals surface area contributed by atoms with Crippen LogP contribution in [-0.4, -0.2) is 0 Å². The van der Waals surface area contributed by atoms with Crippen molar-refractivity contribution in [2.45, 2.75) is 6.61 Å². The van der Waals surface area contributed by atoms with Crippen molar-refractivity contribution in [3.8, 4) is 11.8 Å². The second kappa shape index (κ2) is 5.90. The molecular weight excluding hydrogens is 314 g/mol. The first-order valence-electron chi connectivity index (χ1n) is 5.26.